The number of carboxylic acids is 1. The summed E-state index contributed by atoms with van der Waals surface area (Å²) in [7, 11) is -3.29. The monoisotopic (exact) mass is 276 g/mol. The van der Waals surface area contributed by atoms with Crippen LogP contribution in [0.2, 0.25) is 19.6 Å². The van der Waals surface area contributed by atoms with E-state index in [1.807, 2.05) is 0 Å². The van der Waals surface area contributed by atoms with Crippen molar-refractivity contribution in [2.45, 2.75) is 26.6 Å². The van der Waals surface area contributed by atoms with E-state index in [0.717, 1.165) is 0 Å². The summed E-state index contributed by atoms with van der Waals surface area (Å²) in [6.45, 7) is 7.95. The summed E-state index contributed by atoms with van der Waals surface area (Å²) in [5, 5.41) is 27.6. The minimum Gasteiger partial charge on any atom is -0.478 e. The zero-order chi connectivity index (χ0) is 14.8. The van der Waals surface area contributed by atoms with Gasteiger partial charge in [-0.15, -0.1) is 5.54 Å². The van der Waals surface area contributed by atoms with E-state index in [2.05, 4.69) is 31.1 Å². The first-order valence-corrected chi connectivity index (χ1v) is 9.39. The van der Waals surface area contributed by atoms with Gasteiger partial charge in [-0.1, -0.05) is 25.6 Å². The lowest BCUT2D eigenvalue weighted by molar-refractivity contribution is 0.0697. The summed E-state index contributed by atoms with van der Waals surface area (Å²) in [5.74, 6) is 1.86. The van der Waals surface area contributed by atoms with Crippen molar-refractivity contribution in [2.75, 3.05) is 0 Å². The molecule has 0 heterocycles. The van der Waals surface area contributed by atoms with E-state index in [4.69, 9.17) is 5.11 Å². The summed E-state index contributed by atoms with van der Waals surface area (Å²) >= 11 is 0. The standard InChI is InChI=1S/C13H17BO4Si/c1-9-10(5-6-19(2,3)4)7-11(13(15)16)8-12(9)14(17)18/h7-8,17-18H,1-4H3,(H,15,16). The number of rotatable bonds is 2. The zero-order valence-corrected chi connectivity index (χ0v) is 12.5. The molecule has 0 unspecified atom stereocenters. The van der Waals surface area contributed by atoms with E-state index >= 15 is 0 Å². The van der Waals surface area contributed by atoms with Crippen molar-refractivity contribution in [1.82, 2.24) is 0 Å². The highest BCUT2D eigenvalue weighted by Gasteiger charge is 2.19. The van der Waals surface area contributed by atoms with Crippen molar-refractivity contribution >= 4 is 26.6 Å². The summed E-state index contributed by atoms with van der Waals surface area (Å²) in [6, 6.07) is 2.73. The smallest absolute Gasteiger partial charge is 0.478 e. The summed E-state index contributed by atoms with van der Waals surface area (Å²) < 4.78 is 0. The van der Waals surface area contributed by atoms with Gasteiger partial charge in [-0.3, -0.25) is 0 Å². The fraction of sp³-hybridized carbons (Fsp3) is 0.308. The van der Waals surface area contributed by atoms with Crippen LogP contribution in [0, 0.1) is 18.4 Å². The predicted molar refractivity (Wildman–Crippen MR) is 78.2 cm³/mol. The van der Waals surface area contributed by atoms with E-state index in [1.54, 1.807) is 6.92 Å². The van der Waals surface area contributed by atoms with Gasteiger partial charge in [0.2, 0.25) is 0 Å². The van der Waals surface area contributed by atoms with Gasteiger partial charge in [0.15, 0.2) is 0 Å². The van der Waals surface area contributed by atoms with Gasteiger partial charge in [0.25, 0.3) is 0 Å². The van der Waals surface area contributed by atoms with Crippen molar-refractivity contribution in [3.05, 3.63) is 28.8 Å². The van der Waals surface area contributed by atoms with Crippen LogP contribution in [-0.4, -0.2) is 36.3 Å². The van der Waals surface area contributed by atoms with E-state index in [9.17, 15) is 14.8 Å². The second-order valence-corrected chi connectivity index (χ2v) is 10.2. The Labute approximate surface area is 114 Å². The van der Waals surface area contributed by atoms with Crippen LogP contribution >= 0.6 is 0 Å². The molecule has 0 saturated heterocycles. The minimum absolute atomic E-state index is 0.00794. The molecule has 1 aromatic rings. The highest BCUT2D eigenvalue weighted by molar-refractivity contribution is 6.83. The lowest BCUT2D eigenvalue weighted by atomic mass is 9.75. The number of aromatic carboxylic acids is 1. The van der Waals surface area contributed by atoms with Crippen molar-refractivity contribution in [1.29, 1.82) is 0 Å². The van der Waals surface area contributed by atoms with Crippen LogP contribution in [-0.2, 0) is 0 Å². The summed E-state index contributed by atoms with van der Waals surface area (Å²) in [6.07, 6.45) is 0. The molecular weight excluding hydrogens is 259 g/mol. The van der Waals surface area contributed by atoms with Gasteiger partial charge < -0.3 is 15.2 Å². The normalized spacial score (nSPS) is 10.6. The molecule has 1 rings (SSSR count). The Balaban J connectivity index is 3.45. The van der Waals surface area contributed by atoms with Crippen LogP contribution in [0.25, 0.3) is 0 Å². The minimum atomic E-state index is -1.70. The average Bonchev–Trinajstić information content (AvgIpc) is 2.25. The summed E-state index contributed by atoms with van der Waals surface area (Å²) in [5.41, 5.74) is 4.47. The molecule has 1 aromatic carbocycles. The lowest BCUT2D eigenvalue weighted by Crippen LogP contribution is -2.33. The molecule has 0 aliphatic heterocycles. The van der Waals surface area contributed by atoms with E-state index < -0.39 is 21.2 Å². The van der Waals surface area contributed by atoms with Gasteiger partial charge in [-0.05, 0) is 30.1 Å². The van der Waals surface area contributed by atoms with Gasteiger partial charge in [0.1, 0.15) is 8.07 Å². The first-order valence-electron chi connectivity index (χ1n) is 5.89. The molecule has 0 atom stereocenters. The largest absolute Gasteiger partial charge is 0.488 e. The molecule has 0 aliphatic rings. The van der Waals surface area contributed by atoms with Gasteiger partial charge in [0, 0.05) is 5.56 Å². The molecule has 0 aromatic heterocycles. The molecule has 0 aliphatic carbocycles. The van der Waals surface area contributed by atoms with Crippen LogP contribution in [0.1, 0.15) is 21.5 Å². The molecule has 0 amide bonds. The van der Waals surface area contributed by atoms with Gasteiger partial charge >= 0.3 is 13.1 Å². The SMILES string of the molecule is Cc1c(C#C[Si](C)(C)C)cc(C(=O)O)cc1B(O)O. The van der Waals surface area contributed by atoms with Crippen molar-refractivity contribution in [3.8, 4) is 11.5 Å². The van der Waals surface area contributed by atoms with Crippen LogP contribution in [0.5, 0.6) is 0 Å². The third-order valence-corrected chi connectivity index (χ3v) is 3.42. The number of carboxylic acid groups (broad SMARTS) is 1. The van der Waals surface area contributed by atoms with Crippen molar-refractivity contribution in [3.63, 3.8) is 0 Å². The third kappa shape index (κ3) is 4.24. The second-order valence-electron chi connectivity index (χ2n) is 5.42. The number of hydrogen-bond acceptors (Lipinski definition) is 3. The maximum atomic E-state index is 11.0. The van der Waals surface area contributed by atoms with Crippen LogP contribution in [0.15, 0.2) is 12.1 Å². The Bertz CT molecular complexity index is 564. The summed E-state index contributed by atoms with van der Waals surface area (Å²) in [4.78, 5) is 11.0. The zero-order valence-electron chi connectivity index (χ0n) is 11.5. The Morgan fingerprint density at radius 3 is 2.26 bits per heavy atom. The van der Waals surface area contributed by atoms with E-state index in [0.29, 0.717) is 11.1 Å². The Morgan fingerprint density at radius 1 is 1.26 bits per heavy atom. The number of carbonyl (C=O) groups is 1. The molecular formula is C13H17BO4Si. The third-order valence-electron chi connectivity index (χ3n) is 2.55. The van der Waals surface area contributed by atoms with Gasteiger partial charge in [0.05, 0.1) is 5.56 Å². The molecule has 0 radical (unpaired) electrons. The second kappa shape index (κ2) is 5.61. The van der Waals surface area contributed by atoms with Crippen LogP contribution < -0.4 is 5.46 Å². The molecule has 6 heteroatoms. The first kappa shape index (κ1) is 15.5. The first-order chi connectivity index (χ1) is 8.61. The Morgan fingerprint density at radius 2 is 1.84 bits per heavy atom. The maximum absolute atomic E-state index is 11.0. The number of benzene rings is 1. The quantitative estimate of drug-likeness (QED) is 0.546. The molecule has 0 saturated carbocycles. The van der Waals surface area contributed by atoms with Gasteiger partial charge in [-0.2, -0.15) is 0 Å². The van der Waals surface area contributed by atoms with E-state index in [-0.39, 0.29) is 11.0 Å². The van der Waals surface area contributed by atoms with Gasteiger partial charge in [-0.25, -0.2) is 4.79 Å². The highest BCUT2D eigenvalue weighted by atomic mass is 28.3. The van der Waals surface area contributed by atoms with Crippen molar-refractivity contribution in [2.24, 2.45) is 0 Å². The molecule has 0 fully saturated rings. The topological polar surface area (TPSA) is 77.8 Å². The molecule has 0 spiro atoms. The van der Waals surface area contributed by atoms with Crippen LogP contribution in [0.3, 0.4) is 0 Å². The fourth-order valence-electron chi connectivity index (χ4n) is 1.51. The predicted octanol–water partition coefficient (Wildman–Crippen LogP) is 0.602. The fourth-order valence-corrected chi connectivity index (χ4v) is 2.02. The Hall–Kier alpha value is -1.55. The molecule has 19 heavy (non-hydrogen) atoms. The maximum Gasteiger partial charge on any atom is 0.488 e. The molecule has 4 nitrogen and oxygen atoms in total. The Kier molecular flexibility index (Phi) is 4.58. The van der Waals surface area contributed by atoms with E-state index in [1.165, 1.54) is 12.1 Å². The molecule has 3 N–H and O–H groups in total. The number of hydrogen-bond donors (Lipinski definition) is 3. The van der Waals surface area contributed by atoms with Crippen LogP contribution in [0.4, 0.5) is 0 Å². The highest BCUT2D eigenvalue weighted by Crippen LogP contribution is 2.10. The molecule has 100 valence electrons. The van der Waals surface area contributed by atoms with Crippen molar-refractivity contribution < 1.29 is 19.9 Å². The average molecular weight is 276 g/mol. The lowest BCUT2D eigenvalue weighted by Gasteiger charge is -2.10. The molecule has 0 bridgehead atoms.